The first-order valence-corrected chi connectivity index (χ1v) is 11.0. The van der Waals surface area contributed by atoms with Crippen molar-refractivity contribution in [1.29, 1.82) is 0 Å². The van der Waals surface area contributed by atoms with Crippen LogP contribution in [0, 0.1) is 0 Å². The topological polar surface area (TPSA) is 90.9 Å². The first-order valence-electron chi connectivity index (χ1n) is 9.33. The lowest BCUT2D eigenvalue weighted by Crippen LogP contribution is -2.57. The van der Waals surface area contributed by atoms with Crippen molar-refractivity contribution in [2.24, 2.45) is 4.99 Å². The quantitative estimate of drug-likeness (QED) is 0.351. The summed E-state index contributed by atoms with van der Waals surface area (Å²) in [7, 11) is -3.09. The summed E-state index contributed by atoms with van der Waals surface area (Å²) in [5.74, 6) is 0.761. The van der Waals surface area contributed by atoms with Gasteiger partial charge in [0.05, 0.1) is 17.0 Å². The van der Waals surface area contributed by atoms with E-state index in [9.17, 15) is 13.2 Å². The molecule has 0 bridgehead atoms. The molecule has 1 amide bonds. The maximum atomic E-state index is 12.2. The standard InChI is InChI=1S/C19H30N4O3S.HI/c1-5-20-17(24)16-9-7-15(8-10-16)13-22-18(21-6-2)23-11-12-27(25,26)19(3,4)14-23;/h7-10H,5-6,11-14H2,1-4H3,(H,20,24)(H,21,22);1H. The summed E-state index contributed by atoms with van der Waals surface area (Å²) in [5.41, 5.74) is 1.61. The van der Waals surface area contributed by atoms with E-state index in [0.29, 0.717) is 44.2 Å². The van der Waals surface area contributed by atoms with Crippen LogP contribution in [0.3, 0.4) is 0 Å². The molecular formula is C19H31IN4O3S. The van der Waals surface area contributed by atoms with Gasteiger partial charge in [-0.1, -0.05) is 12.1 Å². The largest absolute Gasteiger partial charge is 0.357 e. The Hall–Kier alpha value is -1.36. The van der Waals surface area contributed by atoms with E-state index in [1.807, 2.05) is 30.9 Å². The van der Waals surface area contributed by atoms with E-state index in [1.165, 1.54) is 0 Å². The molecule has 1 aliphatic heterocycles. The Morgan fingerprint density at radius 3 is 2.29 bits per heavy atom. The molecule has 158 valence electrons. The number of nitrogens with one attached hydrogen (secondary N) is 2. The van der Waals surface area contributed by atoms with E-state index in [2.05, 4.69) is 15.6 Å². The van der Waals surface area contributed by atoms with Gasteiger partial charge in [-0.2, -0.15) is 0 Å². The van der Waals surface area contributed by atoms with Gasteiger partial charge in [-0.05, 0) is 45.4 Å². The van der Waals surface area contributed by atoms with E-state index >= 15 is 0 Å². The van der Waals surface area contributed by atoms with Gasteiger partial charge in [-0.25, -0.2) is 13.4 Å². The first kappa shape index (κ1) is 24.7. The highest BCUT2D eigenvalue weighted by Gasteiger charge is 2.40. The van der Waals surface area contributed by atoms with Crippen molar-refractivity contribution in [3.63, 3.8) is 0 Å². The van der Waals surface area contributed by atoms with Gasteiger partial charge >= 0.3 is 0 Å². The maximum Gasteiger partial charge on any atom is 0.251 e. The van der Waals surface area contributed by atoms with E-state index in [-0.39, 0.29) is 35.6 Å². The van der Waals surface area contributed by atoms with Crippen molar-refractivity contribution >= 4 is 45.7 Å². The Balaban J connectivity index is 0.00000392. The first-order chi connectivity index (χ1) is 12.7. The Bertz CT molecular complexity index is 792. The second-order valence-electron chi connectivity index (χ2n) is 7.23. The lowest BCUT2D eigenvalue weighted by molar-refractivity contribution is 0.0956. The van der Waals surface area contributed by atoms with Gasteiger partial charge in [0, 0.05) is 31.7 Å². The Morgan fingerprint density at radius 2 is 1.75 bits per heavy atom. The lowest BCUT2D eigenvalue weighted by Gasteiger charge is -2.39. The van der Waals surface area contributed by atoms with E-state index in [1.54, 1.807) is 26.0 Å². The lowest BCUT2D eigenvalue weighted by atomic mass is 10.1. The molecule has 1 fully saturated rings. The number of aliphatic imine (C=N–C) groups is 1. The fraction of sp³-hybridized carbons (Fsp3) is 0.579. The number of sulfone groups is 1. The van der Waals surface area contributed by atoms with Crippen LogP contribution >= 0.6 is 24.0 Å². The molecule has 1 saturated heterocycles. The number of carbonyl (C=O) groups is 1. The van der Waals surface area contributed by atoms with Crippen LogP contribution in [0.25, 0.3) is 0 Å². The SMILES string of the molecule is CCNC(=O)c1ccc(CN=C(NCC)N2CCS(=O)(=O)C(C)(C)C2)cc1.I. The van der Waals surface area contributed by atoms with Crippen molar-refractivity contribution in [3.8, 4) is 0 Å². The normalized spacial score (nSPS) is 18.1. The zero-order chi connectivity index (χ0) is 20.1. The van der Waals surface area contributed by atoms with E-state index in [0.717, 1.165) is 5.56 Å². The van der Waals surface area contributed by atoms with Crippen LogP contribution in [0.4, 0.5) is 0 Å². The molecule has 28 heavy (non-hydrogen) atoms. The molecule has 7 nitrogen and oxygen atoms in total. The number of benzene rings is 1. The zero-order valence-electron chi connectivity index (χ0n) is 17.0. The number of nitrogens with zero attached hydrogens (tertiary/aromatic N) is 2. The average Bonchev–Trinajstić information content (AvgIpc) is 2.62. The summed E-state index contributed by atoms with van der Waals surface area (Å²) in [6.07, 6.45) is 0. The molecule has 0 unspecified atom stereocenters. The van der Waals surface area contributed by atoms with Crippen molar-refractivity contribution in [2.75, 3.05) is 31.9 Å². The third kappa shape index (κ3) is 6.07. The number of hydrogen-bond acceptors (Lipinski definition) is 4. The van der Waals surface area contributed by atoms with Crippen LogP contribution in [0.1, 0.15) is 43.6 Å². The molecule has 1 aliphatic rings. The number of rotatable bonds is 5. The average molecular weight is 522 g/mol. The minimum Gasteiger partial charge on any atom is -0.357 e. The summed E-state index contributed by atoms with van der Waals surface area (Å²) >= 11 is 0. The third-order valence-corrected chi connectivity index (χ3v) is 7.18. The molecular weight excluding hydrogens is 491 g/mol. The second-order valence-corrected chi connectivity index (χ2v) is 9.97. The van der Waals surface area contributed by atoms with Crippen molar-refractivity contribution < 1.29 is 13.2 Å². The van der Waals surface area contributed by atoms with Gasteiger partial charge in [-0.3, -0.25) is 4.79 Å². The van der Waals surface area contributed by atoms with E-state index in [4.69, 9.17) is 0 Å². The number of halogens is 1. The van der Waals surface area contributed by atoms with Crippen molar-refractivity contribution in [2.45, 2.75) is 39.0 Å². The van der Waals surface area contributed by atoms with Crippen LogP contribution in [-0.4, -0.2) is 61.9 Å². The molecule has 1 aromatic carbocycles. The predicted octanol–water partition coefficient (Wildman–Crippen LogP) is 2.03. The van der Waals surface area contributed by atoms with Gasteiger partial charge in [0.15, 0.2) is 15.8 Å². The summed E-state index contributed by atoms with van der Waals surface area (Å²) in [6, 6.07) is 7.36. The second kappa shape index (κ2) is 10.4. The van der Waals surface area contributed by atoms with Gasteiger partial charge in [0.2, 0.25) is 0 Å². The molecule has 0 atom stereocenters. The molecule has 9 heteroatoms. The Kier molecular flexibility index (Phi) is 9.19. The number of guanidine groups is 1. The third-order valence-electron chi connectivity index (χ3n) is 4.64. The number of hydrogen-bond donors (Lipinski definition) is 2. The van der Waals surface area contributed by atoms with Crippen LogP contribution in [-0.2, 0) is 16.4 Å². The summed E-state index contributed by atoms with van der Waals surface area (Å²) in [6.45, 7) is 10.0. The molecule has 2 N–H and O–H groups in total. The van der Waals surface area contributed by atoms with E-state index < -0.39 is 14.6 Å². The molecule has 0 aliphatic carbocycles. The van der Waals surface area contributed by atoms with Gasteiger partial charge in [0.1, 0.15) is 0 Å². The number of carbonyl (C=O) groups excluding carboxylic acids is 1. The van der Waals surface area contributed by atoms with Gasteiger partial charge in [-0.15, -0.1) is 24.0 Å². The summed E-state index contributed by atoms with van der Waals surface area (Å²) in [5, 5.41) is 6.02. The minimum absolute atomic E-state index is 0. The minimum atomic E-state index is -3.09. The molecule has 2 rings (SSSR count). The Morgan fingerprint density at radius 1 is 1.14 bits per heavy atom. The van der Waals surface area contributed by atoms with Gasteiger partial charge < -0.3 is 15.5 Å². The van der Waals surface area contributed by atoms with Crippen LogP contribution in [0.5, 0.6) is 0 Å². The zero-order valence-corrected chi connectivity index (χ0v) is 20.1. The molecule has 0 saturated carbocycles. The monoisotopic (exact) mass is 522 g/mol. The van der Waals surface area contributed by atoms with Gasteiger partial charge in [0.25, 0.3) is 5.91 Å². The highest BCUT2D eigenvalue weighted by Crippen LogP contribution is 2.23. The summed E-state index contributed by atoms with van der Waals surface area (Å²) < 4.78 is 23.6. The fourth-order valence-electron chi connectivity index (χ4n) is 2.94. The smallest absolute Gasteiger partial charge is 0.251 e. The highest BCUT2D eigenvalue weighted by atomic mass is 127. The molecule has 1 heterocycles. The van der Waals surface area contributed by atoms with Crippen LogP contribution in [0.2, 0.25) is 0 Å². The van der Waals surface area contributed by atoms with Crippen molar-refractivity contribution in [1.82, 2.24) is 15.5 Å². The van der Waals surface area contributed by atoms with Crippen LogP contribution in [0.15, 0.2) is 29.3 Å². The van der Waals surface area contributed by atoms with Crippen LogP contribution < -0.4 is 10.6 Å². The van der Waals surface area contributed by atoms with Crippen molar-refractivity contribution in [3.05, 3.63) is 35.4 Å². The number of amides is 1. The maximum absolute atomic E-state index is 12.2. The molecule has 0 aromatic heterocycles. The highest BCUT2D eigenvalue weighted by molar-refractivity contribution is 14.0. The summed E-state index contributed by atoms with van der Waals surface area (Å²) in [4.78, 5) is 18.5. The Labute approximate surface area is 185 Å². The molecule has 0 radical (unpaired) electrons. The fourth-order valence-corrected chi connectivity index (χ4v) is 4.31. The predicted molar refractivity (Wildman–Crippen MR) is 124 cm³/mol. The molecule has 0 spiro atoms. The molecule has 1 aromatic rings.